The Kier molecular flexibility index (Phi) is 5.30. The molecule has 3 rings (SSSR count). The topological polar surface area (TPSA) is 66.4 Å². The Balaban J connectivity index is 1.75. The average molecular weight is 352 g/mol. The summed E-state index contributed by atoms with van der Waals surface area (Å²) in [6.45, 7) is 7.97. The summed E-state index contributed by atoms with van der Waals surface area (Å²) in [7, 11) is 0. The zero-order chi connectivity index (χ0) is 18.7. The lowest BCUT2D eigenvalue weighted by Crippen LogP contribution is -2.36. The first kappa shape index (κ1) is 18.0. The van der Waals surface area contributed by atoms with E-state index in [1.54, 1.807) is 18.0 Å². The summed E-state index contributed by atoms with van der Waals surface area (Å²) in [6, 6.07) is 7.52. The quantitative estimate of drug-likeness (QED) is 0.833. The average Bonchev–Trinajstić information content (AvgIpc) is 2.90. The van der Waals surface area contributed by atoms with Crippen molar-refractivity contribution in [1.29, 1.82) is 0 Å². The Morgan fingerprint density at radius 3 is 2.31 bits per heavy atom. The lowest BCUT2D eigenvalue weighted by molar-refractivity contribution is -0.128. The second kappa shape index (κ2) is 7.64. The van der Waals surface area contributed by atoms with Crippen LogP contribution in [0.3, 0.4) is 0 Å². The molecule has 0 N–H and O–H groups in total. The second-order valence-electron chi connectivity index (χ2n) is 6.67. The van der Waals surface area contributed by atoms with Crippen LogP contribution < -0.4 is 0 Å². The van der Waals surface area contributed by atoms with Crippen LogP contribution in [0.2, 0.25) is 0 Å². The van der Waals surface area contributed by atoms with Crippen LogP contribution in [-0.4, -0.2) is 57.8 Å². The highest BCUT2D eigenvalue weighted by atomic mass is 16.2. The number of benzene rings is 1. The van der Waals surface area contributed by atoms with Gasteiger partial charge < -0.3 is 9.80 Å². The fraction of sp³-hybridized carbons (Fsp3) is 0.400. The van der Waals surface area contributed by atoms with Crippen molar-refractivity contribution in [3.05, 3.63) is 47.4 Å². The van der Waals surface area contributed by atoms with Crippen LogP contribution in [0, 0.1) is 13.8 Å². The summed E-state index contributed by atoms with van der Waals surface area (Å²) in [4.78, 5) is 36.9. The highest BCUT2D eigenvalue weighted by Crippen LogP contribution is 2.21. The Labute approximate surface area is 153 Å². The van der Waals surface area contributed by atoms with Crippen molar-refractivity contribution in [2.45, 2.75) is 27.2 Å². The summed E-state index contributed by atoms with van der Waals surface area (Å²) in [5, 5.41) is 0. The number of aromatic nitrogens is 2. The molecule has 6 nitrogen and oxygen atoms in total. The minimum Gasteiger partial charge on any atom is -0.341 e. The predicted octanol–water partition coefficient (Wildman–Crippen LogP) is 2.45. The van der Waals surface area contributed by atoms with Gasteiger partial charge in [-0.25, -0.2) is 4.98 Å². The third kappa shape index (κ3) is 3.90. The molecular weight excluding hydrogens is 328 g/mol. The molecule has 1 saturated heterocycles. The molecule has 2 aromatic rings. The van der Waals surface area contributed by atoms with Gasteiger partial charge in [0.05, 0.1) is 17.1 Å². The van der Waals surface area contributed by atoms with Crippen molar-refractivity contribution in [3.8, 4) is 11.3 Å². The zero-order valence-electron chi connectivity index (χ0n) is 15.5. The minimum atomic E-state index is 0.00833. The van der Waals surface area contributed by atoms with Crippen LogP contribution in [0.4, 0.5) is 0 Å². The second-order valence-corrected chi connectivity index (χ2v) is 6.67. The first-order chi connectivity index (χ1) is 12.5. The molecule has 0 aliphatic carbocycles. The van der Waals surface area contributed by atoms with Crippen molar-refractivity contribution >= 4 is 11.8 Å². The van der Waals surface area contributed by atoms with E-state index in [2.05, 4.69) is 9.97 Å². The van der Waals surface area contributed by atoms with Gasteiger partial charge in [0.25, 0.3) is 5.91 Å². The Morgan fingerprint density at radius 2 is 1.62 bits per heavy atom. The maximum Gasteiger partial charge on any atom is 0.253 e. The molecule has 0 saturated carbocycles. The normalized spacial score (nSPS) is 14.9. The van der Waals surface area contributed by atoms with Gasteiger partial charge in [-0.15, -0.1) is 0 Å². The molecule has 26 heavy (non-hydrogen) atoms. The van der Waals surface area contributed by atoms with Crippen LogP contribution in [0.1, 0.15) is 35.1 Å². The van der Waals surface area contributed by atoms with Crippen molar-refractivity contribution in [1.82, 2.24) is 19.8 Å². The lowest BCUT2D eigenvalue weighted by Gasteiger charge is -2.21. The van der Waals surface area contributed by atoms with Gasteiger partial charge in [0.15, 0.2) is 0 Å². The van der Waals surface area contributed by atoms with Gasteiger partial charge in [0, 0.05) is 50.4 Å². The maximum absolute atomic E-state index is 12.8. The molecule has 0 atom stereocenters. The molecular formula is C20H24N4O2. The number of carbonyl (C=O) groups is 2. The predicted molar refractivity (Wildman–Crippen MR) is 99.7 cm³/mol. The Hall–Kier alpha value is -2.76. The number of rotatable bonds is 2. The van der Waals surface area contributed by atoms with Gasteiger partial charge in [-0.1, -0.05) is 12.1 Å². The van der Waals surface area contributed by atoms with Crippen molar-refractivity contribution in [3.63, 3.8) is 0 Å². The van der Waals surface area contributed by atoms with Gasteiger partial charge in [0.1, 0.15) is 0 Å². The van der Waals surface area contributed by atoms with Crippen LogP contribution in [-0.2, 0) is 4.79 Å². The first-order valence-corrected chi connectivity index (χ1v) is 8.91. The fourth-order valence-corrected chi connectivity index (χ4v) is 3.20. The molecule has 136 valence electrons. The molecule has 1 aromatic carbocycles. The lowest BCUT2D eigenvalue weighted by atomic mass is 10.1. The first-order valence-electron chi connectivity index (χ1n) is 8.91. The number of amides is 2. The molecule has 0 radical (unpaired) electrons. The van der Waals surface area contributed by atoms with Crippen LogP contribution >= 0.6 is 0 Å². The van der Waals surface area contributed by atoms with E-state index in [1.165, 1.54) is 0 Å². The van der Waals surface area contributed by atoms with E-state index >= 15 is 0 Å². The number of aryl methyl sites for hydroxylation is 2. The van der Waals surface area contributed by atoms with Crippen LogP contribution in [0.15, 0.2) is 30.5 Å². The van der Waals surface area contributed by atoms with E-state index in [0.29, 0.717) is 31.7 Å². The highest BCUT2D eigenvalue weighted by Gasteiger charge is 2.21. The SMILES string of the molecule is CC(=O)N1CCCN(C(=O)c2ccc(-c3nc(C)cnc3C)cc2)CC1. The standard InChI is InChI=1S/C20H24N4O2/c1-14-13-21-15(2)19(22-14)17-5-7-18(8-6-17)20(26)24-10-4-9-23(11-12-24)16(3)25/h5-8,13H,4,9-12H2,1-3H3. The number of hydrogen-bond acceptors (Lipinski definition) is 4. The van der Waals surface area contributed by atoms with E-state index in [-0.39, 0.29) is 11.8 Å². The largest absolute Gasteiger partial charge is 0.341 e. The summed E-state index contributed by atoms with van der Waals surface area (Å²) in [5.74, 6) is 0.0762. The maximum atomic E-state index is 12.8. The molecule has 0 unspecified atom stereocenters. The smallest absolute Gasteiger partial charge is 0.253 e. The van der Waals surface area contributed by atoms with Gasteiger partial charge in [-0.3, -0.25) is 14.6 Å². The minimum absolute atomic E-state index is 0.00833. The summed E-state index contributed by atoms with van der Waals surface area (Å²) in [6.07, 6.45) is 2.56. The molecule has 2 amide bonds. The number of nitrogens with zero attached hydrogens (tertiary/aromatic N) is 4. The molecule has 1 fully saturated rings. The number of carbonyl (C=O) groups excluding carboxylic acids is 2. The van der Waals surface area contributed by atoms with Crippen molar-refractivity contribution < 1.29 is 9.59 Å². The molecule has 0 bridgehead atoms. The zero-order valence-corrected chi connectivity index (χ0v) is 15.5. The Bertz CT molecular complexity index is 817. The molecule has 0 spiro atoms. The summed E-state index contributed by atoms with van der Waals surface area (Å²) < 4.78 is 0. The third-order valence-electron chi connectivity index (χ3n) is 4.71. The van der Waals surface area contributed by atoms with E-state index < -0.39 is 0 Å². The van der Waals surface area contributed by atoms with Crippen LogP contribution in [0.5, 0.6) is 0 Å². The van der Waals surface area contributed by atoms with Gasteiger partial charge in [0.2, 0.25) is 5.91 Å². The third-order valence-corrected chi connectivity index (χ3v) is 4.71. The molecule has 1 aromatic heterocycles. The molecule has 1 aliphatic rings. The molecule has 6 heteroatoms. The molecule has 2 heterocycles. The fourth-order valence-electron chi connectivity index (χ4n) is 3.20. The van der Waals surface area contributed by atoms with E-state index in [0.717, 1.165) is 29.1 Å². The summed E-state index contributed by atoms with van der Waals surface area (Å²) >= 11 is 0. The number of hydrogen-bond donors (Lipinski definition) is 0. The van der Waals surface area contributed by atoms with Crippen LogP contribution in [0.25, 0.3) is 11.3 Å². The monoisotopic (exact) mass is 352 g/mol. The highest BCUT2D eigenvalue weighted by molar-refractivity contribution is 5.94. The van der Waals surface area contributed by atoms with Gasteiger partial charge in [-0.2, -0.15) is 0 Å². The summed E-state index contributed by atoms with van der Waals surface area (Å²) in [5.41, 5.74) is 4.19. The van der Waals surface area contributed by atoms with E-state index in [1.807, 2.05) is 43.0 Å². The van der Waals surface area contributed by atoms with Gasteiger partial charge in [-0.05, 0) is 32.4 Å². The van der Waals surface area contributed by atoms with Gasteiger partial charge >= 0.3 is 0 Å². The molecule has 1 aliphatic heterocycles. The van der Waals surface area contributed by atoms with Crippen molar-refractivity contribution in [2.24, 2.45) is 0 Å². The van der Waals surface area contributed by atoms with E-state index in [9.17, 15) is 9.59 Å². The van der Waals surface area contributed by atoms with E-state index in [4.69, 9.17) is 0 Å². The van der Waals surface area contributed by atoms with Crippen molar-refractivity contribution in [2.75, 3.05) is 26.2 Å². The Morgan fingerprint density at radius 1 is 0.962 bits per heavy atom.